The highest BCUT2D eigenvalue weighted by Gasteiger charge is 2.30. The fourth-order valence-corrected chi connectivity index (χ4v) is 3.79. The number of methoxy groups -OCH3 is 1. The predicted molar refractivity (Wildman–Crippen MR) is 127 cm³/mol. The van der Waals surface area contributed by atoms with Gasteiger partial charge in [-0.15, -0.1) is 0 Å². The molecule has 11 heteroatoms. The quantitative estimate of drug-likeness (QED) is 0.559. The second kappa shape index (κ2) is 12.4. The summed E-state index contributed by atoms with van der Waals surface area (Å²) in [6.45, 7) is 2.71. The van der Waals surface area contributed by atoms with E-state index in [0.717, 1.165) is 49.4 Å². The number of nitrogens with zero attached hydrogens (tertiary/aromatic N) is 2. The Balaban J connectivity index is 0.000000784. The lowest BCUT2D eigenvalue weighted by Gasteiger charge is -2.32. The number of hydrogen-bond acceptors (Lipinski definition) is 5. The standard InChI is InChI=1S/C23H27F3N2O2.CH4O3S/c1-27(22(29)14-17-8-10-19(11-9-17)23(24,25)26)21(16-28-12-3-4-13-28)18-6-5-7-20(15-18)30-2;1-5(2,3)4/h5-11,15,21H,3-4,12-14,16H2,1-2H3;1H3,(H,2,3,4)/t21-;/m0./s1. The van der Waals surface area contributed by atoms with E-state index >= 15 is 0 Å². The summed E-state index contributed by atoms with van der Waals surface area (Å²) in [5.41, 5.74) is 0.824. The average Bonchev–Trinajstić information content (AvgIpc) is 3.29. The molecule has 1 N–H and O–H groups in total. The lowest BCUT2D eigenvalue weighted by Crippen LogP contribution is -2.39. The molecule has 0 aliphatic carbocycles. The number of rotatable bonds is 7. The fraction of sp³-hybridized carbons (Fsp3) is 0.458. The minimum atomic E-state index is -4.38. The van der Waals surface area contributed by atoms with Crippen molar-refractivity contribution in [3.63, 3.8) is 0 Å². The Morgan fingerprint density at radius 1 is 1.14 bits per heavy atom. The maximum absolute atomic E-state index is 13.0. The van der Waals surface area contributed by atoms with Crippen LogP contribution in [0.5, 0.6) is 5.75 Å². The van der Waals surface area contributed by atoms with Gasteiger partial charge in [0.15, 0.2) is 0 Å². The molecule has 0 radical (unpaired) electrons. The zero-order valence-electron chi connectivity index (χ0n) is 20.0. The summed E-state index contributed by atoms with van der Waals surface area (Å²) in [4.78, 5) is 17.0. The highest BCUT2D eigenvalue weighted by molar-refractivity contribution is 7.85. The molecule has 0 unspecified atom stereocenters. The first kappa shape index (κ1) is 28.6. The largest absolute Gasteiger partial charge is 0.497 e. The SMILES string of the molecule is COc1cccc([C@H](CN2CCCC2)N(C)C(=O)Cc2ccc(C(F)(F)F)cc2)c1.CS(=O)(=O)O. The highest BCUT2D eigenvalue weighted by atomic mass is 32.2. The molecule has 3 rings (SSSR count). The first-order valence-corrected chi connectivity index (χ1v) is 12.8. The molecule has 7 nitrogen and oxygen atoms in total. The molecule has 1 aliphatic heterocycles. The zero-order chi connectivity index (χ0) is 26.2. The Morgan fingerprint density at radius 3 is 2.23 bits per heavy atom. The van der Waals surface area contributed by atoms with Gasteiger partial charge in [0.05, 0.1) is 31.4 Å². The van der Waals surface area contributed by atoms with Crippen LogP contribution in [0.1, 0.15) is 35.6 Å². The number of benzene rings is 2. The van der Waals surface area contributed by atoms with Crippen LogP contribution in [0, 0.1) is 0 Å². The molecular weight excluding hydrogens is 485 g/mol. The van der Waals surface area contributed by atoms with Crippen molar-refractivity contribution >= 4 is 16.0 Å². The number of likely N-dealkylation sites (N-methyl/N-ethyl adjacent to an activating group) is 1. The molecule has 1 aliphatic rings. The second-order valence-electron chi connectivity index (χ2n) is 8.41. The minimum Gasteiger partial charge on any atom is -0.497 e. The van der Waals surface area contributed by atoms with E-state index in [9.17, 15) is 26.4 Å². The van der Waals surface area contributed by atoms with E-state index in [1.165, 1.54) is 12.1 Å². The molecule has 0 saturated carbocycles. The van der Waals surface area contributed by atoms with Gasteiger partial charge in [0, 0.05) is 13.6 Å². The average molecular weight is 517 g/mol. The number of ether oxygens (including phenoxy) is 1. The van der Waals surface area contributed by atoms with Gasteiger partial charge < -0.3 is 14.5 Å². The number of carbonyl (C=O) groups excluding carboxylic acids is 1. The van der Waals surface area contributed by atoms with Gasteiger partial charge in [-0.3, -0.25) is 9.35 Å². The molecule has 1 amide bonds. The van der Waals surface area contributed by atoms with Crippen molar-refractivity contribution in [3.05, 3.63) is 65.2 Å². The molecular formula is C24H31F3N2O5S. The van der Waals surface area contributed by atoms with E-state index in [2.05, 4.69) is 4.90 Å². The van der Waals surface area contributed by atoms with E-state index in [4.69, 9.17) is 9.29 Å². The summed E-state index contributed by atoms with van der Waals surface area (Å²) in [5, 5.41) is 0. The molecule has 35 heavy (non-hydrogen) atoms. The first-order valence-electron chi connectivity index (χ1n) is 11.0. The third kappa shape index (κ3) is 9.87. The van der Waals surface area contributed by atoms with Crippen molar-refractivity contribution in [1.29, 1.82) is 0 Å². The molecule has 2 aromatic carbocycles. The van der Waals surface area contributed by atoms with Crippen LogP contribution in [0.3, 0.4) is 0 Å². The smallest absolute Gasteiger partial charge is 0.416 e. The number of halogens is 3. The van der Waals surface area contributed by atoms with Crippen LogP contribution in [-0.4, -0.2) is 68.7 Å². The number of likely N-dealkylation sites (tertiary alicyclic amines) is 1. The van der Waals surface area contributed by atoms with Gasteiger partial charge in [-0.2, -0.15) is 21.6 Å². The van der Waals surface area contributed by atoms with Crippen LogP contribution >= 0.6 is 0 Å². The van der Waals surface area contributed by atoms with Crippen LogP contribution in [-0.2, 0) is 27.5 Å². The van der Waals surface area contributed by atoms with Gasteiger partial charge in [-0.25, -0.2) is 0 Å². The van der Waals surface area contributed by atoms with Crippen molar-refractivity contribution < 1.29 is 35.7 Å². The minimum absolute atomic E-state index is 0.0507. The molecule has 2 aromatic rings. The third-order valence-corrected chi connectivity index (χ3v) is 5.61. The van der Waals surface area contributed by atoms with E-state index < -0.39 is 21.9 Å². The Hall–Kier alpha value is -2.63. The van der Waals surface area contributed by atoms with Crippen molar-refractivity contribution in [2.75, 3.05) is 40.0 Å². The van der Waals surface area contributed by atoms with Crippen molar-refractivity contribution in [2.24, 2.45) is 0 Å². The van der Waals surface area contributed by atoms with E-state index in [-0.39, 0.29) is 18.4 Å². The van der Waals surface area contributed by atoms with Crippen LogP contribution < -0.4 is 4.74 Å². The summed E-state index contributed by atoms with van der Waals surface area (Å²) >= 11 is 0. The number of amides is 1. The molecule has 1 saturated heterocycles. The highest BCUT2D eigenvalue weighted by Crippen LogP contribution is 2.30. The van der Waals surface area contributed by atoms with Gasteiger partial charge in [0.1, 0.15) is 5.75 Å². The molecule has 1 atom stereocenters. The van der Waals surface area contributed by atoms with Crippen molar-refractivity contribution in [2.45, 2.75) is 31.5 Å². The third-order valence-electron chi connectivity index (χ3n) is 5.61. The molecule has 0 spiro atoms. The maximum Gasteiger partial charge on any atom is 0.416 e. The molecule has 0 bridgehead atoms. The summed E-state index contributed by atoms with van der Waals surface area (Å²) < 4.78 is 69.5. The van der Waals surface area contributed by atoms with Crippen LogP contribution in [0.25, 0.3) is 0 Å². The Bertz CT molecular complexity index is 1060. The zero-order valence-corrected chi connectivity index (χ0v) is 20.8. The summed E-state index contributed by atoms with van der Waals surface area (Å²) in [6.07, 6.45) is -1.32. The first-order chi connectivity index (χ1) is 16.3. The number of hydrogen-bond donors (Lipinski definition) is 1. The molecule has 0 aromatic heterocycles. The lowest BCUT2D eigenvalue weighted by atomic mass is 10.0. The number of carbonyl (C=O) groups is 1. The molecule has 194 valence electrons. The Kier molecular flexibility index (Phi) is 10.1. The summed E-state index contributed by atoms with van der Waals surface area (Å²) in [7, 11) is -0.305. The fourth-order valence-electron chi connectivity index (χ4n) is 3.79. The van der Waals surface area contributed by atoms with E-state index in [0.29, 0.717) is 18.4 Å². The van der Waals surface area contributed by atoms with Crippen LogP contribution in [0.15, 0.2) is 48.5 Å². The van der Waals surface area contributed by atoms with E-state index in [1.54, 1.807) is 19.1 Å². The maximum atomic E-state index is 13.0. The van der Waals surface area contributed by atoms with Gasteiger partial charge in [-0.05, 0) is 61.3 Å². The molecule has 1 fully saturated rings. The van der Waals surface area contributed by atoms with Crippen LogP contribution in [0.4, 0.5) is 13.2 Å². The second-order valence-corrected chi connectivity index (χ2v) is 9.88. The van der Waals surface area contributed by atoms with Crippen molar-refractivity contribution in [1.82, 2.24) is 9.80 Å². The Morgan fingerprint density at radius 2 is 1.71 bits per heavy atom. The van der Waals surface area contributed by atoms with Gasteiger partial charge in [0.2, 0.25) is 5.91 Å². The van der Waals surface area contributed by atoms with Gasteiger partial charge in [0.25, 0.3) is 10.1 Å². The lowest BCUT2D eigenvalue weighted by molar-refractivity contribution is -0.137. The summed E-state index contributed by atoms with van der Waals surface area (Å²) in [5.74, 6) is 0.587. The number of alkyl halides is 3. The van der Waals surface area contributed by atoms with E-state index in [1.807, 2.05) is 24.3 Å². The van der Waals surface area contributed by atoms with Crippen LogP contribution in [0.2, 0.25) is 0 Å². The van der Waals surface area contributed by atoms with Crippen molar-refractivity contribution in [3.8, 4) is 5.75 Å². The monoisotopic (exact) mass is 516 g/mol. The summed E-state index contributed by atoms with van der Waals surface area (Å²) in [6, 6.07) is 12.3. The molecule has 1 heterocycles. The van der Waals surface area contributed by atoms with Gasteiger partial charge >= 0.3 is 6.18 Å². The topological polar surface area (TPSA) is 87.2 Å². The normalized spacial score (nSPS) is 15.2. The Labute approximate surface area is 204 Å². The predicted octanol–water partition coefficient (Wildman–Crippen LogP) is 4.06. The van der Waals surface area contributed by atoms with Gasteiger partial charge in [-0.1, -0.05) is 24.3 Å².